The molecule has 3 nitrogen and oxygen atoms in total. The van der Waals surface area contributed by atoms with Crippen LogP contribution in [-0.2, 0) is 0 Å². The van der Waals surface area contributed by atoms with Crippen LogP contribution in [-0.4, -0.2) is 20.9 Å². The number of unbranched alkanes of at least 4 members (excludes halogenated alkanes) is 1. The molecule has 0 heterocycles. The molecular formula is C23H28O3. The molecule has 0 atom stereocenters. The molecule has 138 valence electrons. The first kappa shape index (κ1) is 19.8. The zero-order chi connectivity index (χ0) is 19.2. The van der Waals surface area contributed by atoms with E-state index >= 15 is 0 Å². The molecule has 0 aliphatic carbocycles. The van der Waals surface area contributed by atoms with Gasteiger partial charge in [-0.15, -0.1) is 0 Å². The molecule has 3 heteroatoms. The van der Waals surface area contributed by atoms with Crippen molar-refractivity contribution in [1.82, 2.24) is 0 Å². The molecular weight excluding hydrogens is 324 g/mol. The van der Waals surface area contributed by atoms with Crippen molar-refractivity contribution >= 4 is 17.7 Å². The van der Waals surface area contributed by atoms with Crippen LogP contribution in [0.4, 0.5) is 0 Å². The van der Waals surface area contributed by atoms with Crippen LogP contribution < -0.4 is 0 Å². The Morgan fingerprint density at radius 1 is 0.962 bits per heavy atom. The fourth-order valence-corrected chi connectivity index (χ4v) is 2.77. The monoisotopic (exact) mass is 352 g/mol. The van der Waals surface area contributed by atoms with Crippen molar-refractivity contribution in [2.75, 3.05) is 0 Å². The average molecular weight is 352 g/mol. The number of aromatic hydroxyl groups is 2. The van der Waals surface area contributed by atoms with Crippen LogP contribution >= 0.6 is 0 Å². The molecule has 3 N–H and O–H groups in total. The summed E-state index contributed by atoms with van der Waals surface area (Å²) in [5.41, 5.74) is 3.56. The van der Waals surface area contributed by atoms with Gasteiger partial charge in [-0.05, 0) is 80.5 Å². The maximum atomic E-state index is 9.76. The summed E-state index contributed by atoms with van der Waals surface area (Å²) in [7, 11) is 0. The lowest BCUT2D eigenvalue weighted by Crippen LogP contribution is -2.17. The molecule has 26 heavy (non-hydrogen) atoms. The van der Waals surface area contributed by atoms with Gasteiger partial charge in [-0.25, -0.2) is 0 Å². The number of phenolic OH excluding ortho intramolecular Hbond substituents is 2. The van der Waals surface area contributed by atoms with Gasteiger partial charge in [0.15, 0.2) is 0 Å². The number of aliphatic hydroxyl groups is 1. The van der Waals surface area contributed by atoms with Gasteiger partial charge in [0.2, 0.25) is 0 Å². The third kappa shape index (κ3) is 6.77. The van der Waals surface area contributed by atoms with Gasteiger partial charge in [-0.2, -0.15) is 0 Å². The normalized spacial score (nSPS) is 12.7. The van der Waals surface area contributed by atoms with Crippen molar-refractivity contribution in [3.8, 4) is 11.5 Å². The quantitative estimate of drug-likeness (QED) is 0.448. The highest BCUT2D eigenvalue weighted by Crippen LogP contribution is 2.23. The third-order valence-corrected chi connectivity index (χ3v) is 4.18. The number of hydrogen-bond donors (Lipinski definition) is 3. The van der Waals surface area contributed by atoms with Gasteiger partial charge >= 0.3 is 0 Å². The minimum Gasteiger partial charge on any atom is -0.508 e. The van der Waals surface area contributed by atoms with Gasteiger partial charge < -0.3 is 15.3 Å². The van der Waals surface area contributed by atoms with Gasteiger partial charge in [0.05, 0.1) is 5.60 Å². The Balaban J connectivity index is 2.05. The average Bonchev–Trinajstić information content (AvgIpc) is 2.55. The van der Waals surface area contributed by atoms with E-state index in [1.165, 1.54) is 11.6 Å². The highest BCUT2D eigenvalue weighted by atomic mass is 16.3. The minimum atomic E-state index is -0.604. The highest BCUT2D eigenvalue weighted by molar-refractivity contribution is 5.73. The van der Waals surface area contributed by atoms with E-state index in [4.69, 9.17) is 0 Å². The van der Waals surface area contributed by atoms with Gasteiger partial charge in [-0.1, -0.05) is 36.4 Å². The summed E-state index contributed by atoms with van der Waals surface area (Å²) in [5, 5.41) is 28.9. The predicted molar refractivity (Wildman–Crippen MR) is 109 cm³/mol. The van der Waals surface area contributed by atoms with E-state index in [1.54, 1.807) is 12.1 Å². The van der Waals surface area contributed by atoms with Crippen LogP contribution in [0.5, 0.6) is 11.5 Å². The second kappa shape index (κ2) is 8.72. The summed E-state index contributed by atoms with van der Waals surface area (Å²) in [4.78, 5) is 0. The van der Waals surface area contributed by atoms with Gasteiger partial charge in [0.1, 0.15) is 11.5 Å². The molecule has 0 radical (unpaired) electrons. The molecule has 0 amide bonds. The molecule has 0 fully saturated rings. The summed E-state index contributed by atoms with van der Waals surface area (Å²) >= 11 is 0. The zero-order valence-electron chi connectivity index (χ0n) is 15.7. The topological polar surface area (TPSA) is 60.7 Å². The number of allylic oxidation sites excluding steroid dienone is 2. The summed E-state index contributed by atoms with van der Waals surface area (Å²) in [6.45, 7) is 5.78. The fraction of sp³-hybridized carbons (Fsp3) is 0.304. The molecule has 0 aliphatic heterocycles. The lowest BCUT2D eigenvalue weighted by molar-refractivity contribution is 0.0691. The van der Waals surface area contributed by atoms with Crippen molar-refractivity contribution in [3.63, 3.8) is 0 Å². The van der Waals surface area contributed by atoms with E-state index in [1.807, 2.05) is 38.1 Å². The largest absolute Gasteiger partial charge is 0.508 e. The predicted octanol–water partition coefficient (Wildman–Crippen LogP) is 5.61. The SMILES string of the molecule is CC(=CCCCC(C)(C)O)c1cccc(C=Cc2cc(O)cc(O)c2)c1. The minimum absolute atomic E-state index is 0.0447. The van der Waals surface area contributed by atoms with Crippen molar-refractivity contribution < 1.29 is 15.3 Å². The molecule has 2 aromatic carbocycles. The maximum Gasteiger partial charge on any atom is 0.119 e. The van der Waals surface area contributed by atoms with E-state index in [2.05, 4.69) is 25.1 Å². The number of rotatable bonds is 7. The van der Waals surface area contributed by atoms with Gasteiger partial charge in [0.25, 0.3) is 0 Å². The molecule has 0 aliphatic rings. The van der Waals surface area contributed by atoms with Crippen molar-refractivity contribution in [3.05, 3.63) is 65.2 Å². The van der Waals surface area contributed by atoms with Crippen molar-refractivity contribution in [2.45, 2.75) is 45.6 Å². The second-order valence-corrected chi connectivity index (χ2v) is 7.33. The Kier molecular flexibility index (Phi) is 6.64. The molecule has 0 aromatic heterocycles. The Morgan fingerprint density at radius 3 is 2.27 bits per heavy atom. The van der Waals surface area contributed by atoms with E-state index in [-0.39, 0.29) is 11.5 Å². The smallest absolute Gasteiger partial charge is 0.119 e. The molecule has 2 rings (SSSR count). The molecule has 0 saturated heterocycles. The standard InChI is InChI=1S/C23H28O3/c1-17(7-4-5-12-23(2,3)26)20-9-6-8-18(13-20)10-11-19-14-21(24)16-22(25)15-19/h6-11,13-16,24-26H,4-5,12H2,1-3H3. The summed E-state index contributed by atoms with van der Waals surface area (Å²) in [6, 6.07) is 12.7. The summed E-state index contributed by atoms with van der Waals surface area (Å²) in [6.07, 6.45) is 8.72. The lowest BCUT2D eigenvalue weighted by Gasteiger charge is -2.15. The van der Waals surface area contributed by atoms with Crippen molar-refractivity contribution in [2.24, 2.45) is 0 Å². The molecule has 0 spiro atoms. The second-order valence-electron chi connectivity index (χ2n) is 7.33. The van der Waals surface area contributed by atoms with E-state index in [0.717, 1.165) is 36.0 Å². The van der Waals surface area contributed by atoms with E-state index in [9.17, 15) is 15.3 Å². The van der Waals surface area contributed by atoms with Gasteiger partial charge in [-0.3, -0.25) is 0 Å². The molecule has 0 bridgehead atoms. The Hall–Kier alpha value is -2.52. The maximum absolute atomic E-state index is 9.76. The Bertz CT molecular complexity index is 775. The van der Waals surface area contributed by atoms with Crippen LogP contribution in [0.25, 0.3) is 17.7 Å². The first-order valence-electron chi connectivity index (χ1n) is 8.94. The van der Waals surface area contributed by atoms with Crippen LogP contribution in [0.2, 0.25) is 0 Å². The number of hydrogen-bond acceptors (Lipinski definition) is 3. The van der Waals surface area contributed by atoms with Crippen LogP contribution in [0, 0.1) is 0 Å². The van der Waals surface area contributed by atoms with Crippen LogP contribution in [0.3, 0.4) is 0 Å². The molecule has 2 aromatic rings. The summed E-state index contributed by atoms with van der Waals surface area (Å²) in [5.74, 6) is 0.0893. The van der Waals surface area contributed by atoms with Gasteiger partial charge in [0, 0.05) is 6.07 Å². The van der Waals surface area contributed by atoms with E-state index < -0.39 is 5.60 Å². The van der Waals surface area contributed by atoms with Crippen LogP contribution in [0.1, 0.15) is 56.7 Å². The fourth-order valence-electron chi connectivity index (χ4n) is 2.77. The Labute approximate surface area is 156 Å². The number of benzene rings is 2. The first-order valence-corrected chi connectivity index (χ1v) is 8.94. The summed E-state index contributed by atoms with van der Waals surface area (Å²) < 4.78 is 0. The lowest BCUT2D eigenvalue weighted by atomic mass is 9.99. The number of phenols is 2. The Morgan fingerprint density at radius 2 is 1.62 bits per heavy atom. The third-order valence-electron chi connectivity index (χ3n) is 4.18. The van der Waals surface area contributed by atoms with E-state index in [0.29, 0.717) is 0 Å². The molecule has 0 unspecified atom stereocenters. The molecule has 0 saturated carbocycles. The first-order chi connectivity index (χ1) is 12.2. The zero-order valence-corrected chi connectivity index (χ0v) is 15.7. The highest BCUT2D eigenvalue weighted by Gasteiger charge is 2.10. The van der Waals surface area contributed by atoms with Crippen LogP contribution in [0.15, 0.2) is 48.5 Å². The van der Waals surface area contributed by atoms with Crippen molar-refractivity contribution in [1.29, 1.82) is 0 Å².